The van der Waals surface area contributed by atoms with Crippen LogP contribution in [0.2, 0.25) is 0 Å². The van der Waals surface area contributed by atoms with Gasteiger partial charge in [-0.25, -0.2) is 0 Å². The van der Waals surface area contributed by atoms with E-state index in [0.29, 0.717) is 18.3 Å². The van der Waals surface area contributed by atoms with E-state index in [0.717, 1.165) is 19.5 Å². The number of ether oxygens (including phenoxy) is 1. The number of aliphatic hydroxyl groups excluding tert-OH is 1. The van der Waals surface area contributed by atoms with Gasteiger partial charge in [-0.3, -0.25) is 0 Å². The van der Waals surface area contributed by atoms with Gasteiger partial charge in [-0.15, -0.1) is 0 Å². The molecule has 1 aromatic rings. The Morgan fingerprint density at radius 1 is 1.41 bits per heavy atom. The van der Waals surface area contributed by atoms with Crippen molar-refractivity contribution in [1.29, 1.82) is 0 Å². The van der Waals surface area contributed by atoms with E-state index in [9.17, 15) is 5.11 Å². The third kappa shape index (κ3) is 3.35. The molecule has 1 fully saturated rings. The standard InChI is InChI=1S/C13H19NO3/c1-14-7-6-10(8-14)13(16)9-17-12-4-2-11(15)3-5-12/h2-5,10,13,15-16H,6-9H2,1H3. The van der Waals surface area contributed by atoms with Crippen LogP contribution in [0.4, 0.5) is 0 Å². The number of phenols is 1. The van der Waals surface area contributed by atoms with Crippen molar-refractivity contribution in [3.05, 3.63) is 24.3 Å². The first-order chi connectivity index (χ1) is 8.15. The quantitative estimate of drug-likeness (QED) is 0.823. The molecule has 0 saturated carbocycles. The number of benzene rings is 1. The van der Waals surface area contributed by atoms with Crippen molar-refractivity contribution in [2.45, 2.75) is 12.5 Å². The third-order valence-electron chi connectivity index (χ3n) is 3.23. The minimum Gasteiger partial charge on any atom is -0.508 e. The van der Waals surface area contributed by atoms with Gasteiger partial charge in [0, 0.05) is 12.5 Å². The Kier molecular flexibility index (Phi) is 3.86. The zero-order valence-electron chi connectivity index (χ0n) is 10.0. The highest BCUT2D eigenvalue weighted by atomic mass is 16.5. The maximum atomic E-state index is 9.98. The lowest BCUT2D eigenvalue weighted by Gasteiger charge is -2.18. The van der Waals surface area contributed by atoms with Crippen LogP contribution in [0, 0.1) is 5.92 Å². The van der Waals surface area contributed by atoms with Gasteiger partial charge in [0.2, 0.25) is 0 Å². The molecule has 1 aromatic carbocycles. The van der Waals surface area contributed by atoms with Crippen LogP contribution in [-0.2, 0) is 0 Å². The molecular formula is C13H19NO3. The Balaban J connectivity index is 1.79. The van der Waals surface area contributed by atoms with Gasteiger partial charge >= 0.3 is 0 Å². The Morgan fingerprint density at radius 2 is 2.12 bits per heavy atom. The van der Waals surface area contributed by atoms with Crippen molar-refractivity contribution < 1.29 is 14.9 Å². The first-order valence-corrected chi connectivity index (χ1v) is 5.93. The van der Waals surface area contributed by atoms with E-state index in [2.05, 4.69) is 11.9 Å². The summed E-state index contributed by atoms with van der Waals surface area (Å²) in [5, 5.41) is 19.1. The molecule has 2 unspecified atom stereocenters. The number of hydrogen-bond acceptors (Lipinski definition) is 4. The van der Waals surface area contributed by atoms with Crippen molar-refractivity contribution in [3.63, 3.8) is 0 Å². The summed E-state index contributed by atoms with van der Waals surface area (Å²) in [5.74, 6) is 1.20. The number of aromatic hydroxyl groups is 1. The summed E-state index contributed by atoms with van der Waals surface area (Å²) in [7, 11) is 2.06. The molecule has 4 heteroatoms. The Bertz CT molecular complexity index is 352. The van der Waals surface area contributed by atoms with Gasteiger partial charge in [0.05, 0.1) is 6.10 Å². The van der Waals surface area contributed by atoms with Gasteiger partial charge in [0.15, 0.2) is 0 Å². The molecule has 0 aromatic heterocycles. The minimum absolute atomic E-state index is 0.218. The molecule has 2 atom stereocenters. The van der Waals surface area contributed by atoms with Crippen molar-refractivity contribution in [2.75, 3.05) is 26.7 Å². The Labute approximate surface area is 101 Å². The number of likely N-dealkylation sites (tertiary alicyclic amines) is 1. The SMILES string of the molecule is CN1CCC(C(O)COc2ccc(O)cc2)C1. The van der Waals surface area contributed by atoms with Crippen molar-refractivity contribution in [2.24, 2.45) is 5.92 Å². The van der Waals surface area contributed by atoms with Gasteiger partial charge < -0.3 is 19.8 Å². The van der Waals surface area contributed by atoms with E-state index in [4.69, 9.17) is 9.84 Å². The van der Waals surface area contributed by atoms with Crippen LogP contribution in [-0.4, -0.2) is 48.0 Å². The fourth-order valence-electron chi connectivity index (χ4n) is 2.14. The predicted molar refractivity (Wildman–Crippen MR) is 65.2 cm³/mol. The molecule has 17 heavy (non-hydrogen) atoms. The van der Waals surface area contributed by atoms with Crippen LogP contribution in [0.1, 0.15) is 6.42 Å². The van der Waals surface area contributed by atoms with Crippen LogP contribution in [0.3, 0.4) is 0 Å². The molecule has 2 N–H and O–H groups in total. The summed E-state index contributed by atoms with van der Waals surface area (Å²) in [4.78, 5) is 2.22. The summed E-state index contributed by atoms with van der Waals surface area (Å²) < 4.78 is 5.49. The van der Waals surface area contributed by atoms with E-state index >= 15 is 0 Å². The van der Waals surface area contributed by atoms with Crippen LogP contribution in [0.15, 0.2) is 24.3 Å². The lowest BCUT2D eigenvalue weighted by atomic mass is 10.0. The Morgan fingerprint density at radius 3 is 2.71 bits per heavy atom. The van der Waals surface area contributed by atoms with Crippen LogP contribution in [0.25, 0.3) is 0 Å². The second kappa shape index (κ2) is 5.38. The summed E-state index contributed by atoms with van der Waals surface area (Å²) in [6, 6.07) is 6.54. The fraction of sp³-hybridized carbons (Fsp3) is 0.538. The first-order valence-electron chi connectivity index (χ1n) is 5.93. The highest BCUT2D eigenvalue weighted by molar-refractivity contribution is 5.30. The van der Waals surface area contributed by atoms with Crippen molar-refractivity contribution in [3.8, 4) is 11.5 Å². The highest BCUT2D eigenvalue weighted by Crippen LogP contribution is 2.20. The van der Waals surface area contributed by atoms with Gasteiger partial charge in [-0.05, 0) is 44.3 Å². The van der Waals surface area contributed by atoms with Gasteiger partial charge in [0.25, 0.3) is 0 Å². The highest BCUT2D eigenvalue weighted by Gasteiger charge is 2.26. The molecule has 4 nitrogen and oxygen atoms in total. The molecule has 0 spiro atoms. The zero-order chi connectivity index (χ0) is 12.3. The van der Waals surface area contributed by atoms with Gasteiger partial charge in [0.1, 0.15) is 18.1 Å². The maximum absolute atomic E-state index is 9.98. The van der Waals surface area contributed by atoms with E-state index in [1.807, 2.05) is 0 Å². The molecular weight excluding hydrogens is 218 g/mol. The first kappa shape index (κ1) is 12.2. The molecule has 94 valence electrons. The molecule has 0 aliphatic carbocycles. The topological polar surface area (TPSA) is 52.9 Å². The van der Waals surface area contributed by atoms with E-state index in [1.54, 1.807) is 24.3 Å². The molecule has 2 rings (SSSR count). The second-order valence-corrected chi connectivity index (χ2v) is 4.68. The predicted octanol–water partition coefficient (Wildman–Crippen LogP) is 1.08. The number of phenolic OH excluding ortho intramolecular Hbond substituents is 1. The summed E-state index contributed by atoms with van der Waals surface area (Å²) in [6.07, 6.45) is 0.602. The molecule has 0 amide bonds. The average molecular weight is 237 g/mol. The molecule has 0 radical (unpaired) electrons. The molecule has 0 bridgehead atoms. The second-order valence-electron chi connectivity index (χ2n) is 4.68. The minimum atomic E-state index is -0.422. The number of nitrogens with zero attached hydrogens (tertiary/aromatic N) is 1. The van der Waals surface area contributed by atoms with Gasteiger partial charge in [-0.2, -0.15) is 0 Å². The normalized spacial score (nSPS) is 22.6. The summed E-state index contributed by atoms with van der Waals surface area (Å²) in [6.45, 7) is 2.28. The lowest BCUT2D eigenvalue weighted by Crippen LogP contribution is -2.29. The van der Waals surface area contributed by atoms with Crippen LogP contribution in [0.5, 0.6) is 11.5 Å². The summed E-state index contributed by atoms with van der Waals surface area (Å²) in [5.41, 5.74) is 0. The number of aliphatic hydroxyl groups is 1. The van der Waals surface area contributed by atoms with Crippen molar-refractivity contribution >= 4 is 0 Å². The third-order valence-corrected chi connectivity index (χ3v) is 3.23. The molecule has 1 aliphatic heterocycles. The van der Waals surface area contributed by atoms with E-state index < -0.39 is 6.10 Å². The summed E-state index contributed by atoms with van der Waals surface area (Å²) >= 11 is 0. The number of hydrogen-bond donors (Lipinski definition) is 2. The fourth-order valence-corrected chi connectivity index (χ4v) is 2.14. The van der Waals surface area contributed by atoms with E-state index in [-0.39, 0.29) is 5.75 Å². The number of rotatable bonds is 4. The molecule has 1 saturated heterocycles. The van der Waals surface area contributed by atoms with Gasteiger partial charge in [-0.1, -0.05) is 0 Å². The maximum Gasteiger partial charge on any atom is 0.119 e. The monoisotopic (exact) mass is 237 g/mol. The average Bonchev–Trinajstić information content (AvgIpc) is 2.75. The molecule has 1 aliphatic rings. The molecule has 1 heterocycles. The largest absolute Gasteiger partial charge is 0.508 e. The van der Waals surface area contributed by atoms with Crippen molar-refractivity contribution in [1.82, 2.24) is 4.90 Å². The van der Waals surface area contributed by atoms with Crippen LogP contribution < -0.4 is 4.74 Å². The Hall–Kier alpha value is -1.26. The van der Waals surface area contributed by atoms with Crippen LogP contribution >= 0.6 is 0 Å². The smallest absolute Gasteiger partial charge is 0.119 e. The zero-order valence-corrected chi connectivity index (χ0v) is 10.0. The lowest BCUT2D eigenvalue weighted by molar-refractivity contribution is 0.0607. The van der Waals surface area contributed by atoms with E-state index in [1.165, 1.54) is 0 Å².